The number of fused-ring (bicyclic) bond motifs is 5. The van der Waals surface area contributed by atoms with E-state index in [0.717, 1.165) is 27.7 Å². The van der Waals surface area contributed by atoms with Crippen LogP contribution in [0.3, 0.4) is 0 Å². The van der Waals surface area contributed by atoms with Gasteiger partial charge in [0.2, 0.25) is 18.6 Å². The van der Waals surface area contributed by atoms with E-state index in [9.17, 15) is 9.59 Å². The lowest BCUT2D eigenvalue weighted by atomic mass is 9.86. The summed E-state index contributed by atoms with van der Waals surface area (Å²) in [7, 11) is 1.69. The van der Waals surface area contributed by atoms with Gasteiger partial charge in [0, 0.05) is 35.6 Å². The van der Waals surface area contributed by atoms with Crippen LogP contribution in [0.15, 0.2) is 42.5 Å². The van der Waals surface area contributed by atoms with Gasteiger partial charge < -0.3 is 24.3 Å². The second-order valence-electron chi connectivity index (χ2n) is 7.76. The summed E-state index contributed by atoms with van der Waals surface area (Å²) in [6.07, 6.45) is 0.497. The molecular formula is C22H19N3O4. The lowest BCUT2D eigenvalue weighted by Gasteiger charge is -2.46. The van der Waals surface area contributed by atoms with Crippen molar-refractivity contribution in [1.29, 1.82) is 0 Å². The van der Waals surface area contributed by atoms with Gasteiger partial charge >= 0.3 is 0 Å². The van der Waals surface area contributed by atoms with Gasteiger partial charge in [0.1, 0.15) is 12.1 Å². The molecule has 3 aliphatic heterocycles. The van der Waals surface area contributed by atoms with Crippen LogP contribution < -0.4 is 9.47 Å². The van der Waals surface area contributed by atoms with Crippen molar-refractivity contribution in [2.75, 3.05) is 20.4 Å². The number of nitrogens with zero attached hydrogens (tertiary/aromatic N) is 2. The number of carbonyl (C=O) groups is 2. The van der Waals surface area contributed by atoms with E-state index >= 15 is 0 Å². The number of aromatic nitrogens is 1. The van der Waals surface area contributed by atoms with Gasteiger partial charge in [0.25, 0.3) is 0 Å². The number of ether oxygens (including phenoxy) is 2. The number of hydrogen-bond acceptors (Lipinski definition) is 4. The Morgan fingerprint density at radius 3 is 2.83 bits per heavy atom. The van der Waals surface area contributed by atoms with Crippen LogP contribution in [0.25, 0.3) is 10.9 Å². The van der Waals surface area contributed by atoms with Crippen molar-refractivity contribution in [1.82, 2.24) is 14.8 Å². The highest BCUT2D eigenvalue weighted by Crippen LogP contribution is 2.48. The maximum atomic E-state index is 13.1. The van der Waals surface area contributed by atoms with Crippen molar-refractivity contribution < 1.29 is 19.1 Å². The summed E-state index contributed by atoms with van der Waals surface area (Å²) in [5, 5.41) is 1.09. The van der Waals surface area contributed by atoms with E-state index in [1.54, 1.807) is 11.9 Å². The average Bonchev–Trinajstić information content (AvgIpc) is 3.35. The van der Waals surface area contributed by atoms with Crippen molar-refractivity contribution in [3.05, 3.63) is 59.3 Å². The van der Waals surface area contributed by atoms with Gasteiger partial charge in [0.15, 0.2) is 11.5 Å². The van der Waals surface area contributed by atoms with Crippen molar-refractivity contribution in [3.63, 3.8) is 0 Å². The number of piperazine rings is 1. The van der Waals surface area contributed by atoms with Gasteiger partial charge in [-0.25, -0.2) is 0 Å². The van der Waals surface area contributed by atoms with E-state index in [2.05, 4.69) is 11.1 Å². The molecule has 7 nitrogen and oxygen atoms in total. The quantitative estimate of drug-likeness (QED) is 0.693. The number of aromatic amines is 1. The zero-order valence-corrected chi connectivity index (χ0v) is 15.8. The summed E-state index contributed by atoms with van der Waals surface area (Å²) in [5.74, 6) is 1.20. The van der Waals surface area contributed by atoms with Crippen molar-refractivity contribution in [2.45, 2.75) is 18.5 Å². The van der Waals surface area contributed by atoms with Crippen LogP contribution in [-0.2, 0) is 16.0 Å². The fourth-order valence-electron chi connectivity index (χ4n) is 4.90. The number of para-hydroxylation sites is 2. The third kappa shape index (κ3) is 2.18. The van der Waals surface area contributed by atoms with Crippen LogP contribution >= 0.6 is 0 Å². The third-order valence-electron chi connectivity index (χ3n) is 6.17. The minimum Gasteiger partial charge on any atom is -0.454 e. The molecule has 6 rings (SSSR count). The van der Waals surface area contributed by atoms with E-state index < -0.39 is 12.1 Å². The maximum absolute atomic E-state index is 13.1. The highest BCUT2D eigenvalue weighted by molar-refractivity contribution is 5.97. The average molecular weight is 389 g/mol. The van der Waals surface area contributed by atoms with Crippen molar-refractivity contribution >= 4 is 22.7 Å². The number of nitrogens with one attached hydrogen (secondary N) is 1. The number of hydrogen-bond donors (Lipinski definition) is 1. The summed E-state index contributed by atoms with van der Waals surface area (Å²) in [4.78, 5) is 33.0. The standard InChI is InChI=1S/C22H19N3O4/c1-24-10-18(26)25-16(22(24)27)9-14-12-5-2-3-7-15(12)23-19(14)20(25)13-6-4-8-17-21(13)29-11-28-17/h2-8,16,20,23H,9-11H2,1H3/t16-,20+/m1/s1. The second-order valence-corrected chi connectivity index (χ2v) is 7.76. The molecule has 29 heavy (non-hydrogen) atoms. The number of rotatable bonds is 1. The molecule has 0 bridgehead atoms. The van der Waals surface area contributed by atoms with Gasteiger partial charge in [-0.3, -0.25) is 9.59 Å². The first kappa shape index (κ1) is 16.5. The predicted octanol–water partition coefficient (Wildman–Crippen LogP) is 2.21. The molecule has 1 N–H and O–H groups in total. The van der Waals surface area contributed by atoms with E-state index in [4.69, 9.17) is 9.47 Å². The molecule has 0 unspecified atom stereocenters. The largest absolute Gasteiger partial charge is 0.454 e. The smallest absolute Gasteiger partial charge is 0.245 e. The highest BCUT2D eigenvalue weighted by atomic mass is 16.7. The molecule has 2 amide bonds. The first-order valence-electron chi connectivity index (χ1n) is 9.67. The number of amides is 2. The summed E-state index contributed by atoms with van der Waals surface area (Å²) in [6.45, 7) is 0.228. The summed E-state index contributed by atoms with van der Waals surface area (Å²) in [6, 6.07) is 12.8. The minimum atomic E-state index is -0.531. The molecule has 0 radical (unpaired) electrons. The number of H-pyrrole nitrogens is 1. The molecule has 146 valence electrons. The molecule has 3 aromatic rings. The van der Waals surface area contributed by atoms with Gasteiger partial charge in [0.05, 0.1) is 6.54 Å². The SMILES string of the molecule is CN1CC(=O)N2[C@@H](c3cccc4c3OCO4)c3[nH]c4ccccc4c3C[C@@H]2C1=O. The highest BCUT2D eigenvalue weighted by Gasteiger charge is 2.48. The maximum Gasteiger partial charge on any atom is 0.245 e. The van der Waals surface area contributed by atoms with E-state index in [1.807, 2.05) is 36.4 Å². The number of likely N-dealkylation sites (N-methyl/N-ethyl adjacent to an activating group) is 1. The normalized spacial score (nSPS) is 22.8. The van der Waals surface area contributed by atoms with Crippen LogP contribution in [0.4, 0.5) is 0 Å². The Hall–Kier alpha value is -3.48. The van der Waals surface area contributed by atoms with E-state index in [-0.39, 0.29) is 25.2 Å². The summed E-state index contributed by atoms with van der Waals surface area (Å²) in [5.41, 5.74) is 3.86. The Morgan fingerprint density at radius 2 is 1.93 bits per heavy atom. The third-order valence-corrected chi connectivity index (χ3v) is 6.17. The zero-order valence-electron chi connectivity index (χ0n) is 15.8. The van der Waals surface area contributed by atoms with Gasteiger partial charge in [-0.15, -0.1) is 0 Å². The Morgan fingerprint density at radius 1 is 1.07 bits per heavy atom. The lowest BCUT2D eigenvalue weighted by molar-refractivity contribution is -0.157. The van der Waals surface area contributed by atoms with Crippen LogP contribution in [0, 0.1) is 0 Å². The van der Waals surface area contributed by atoms with Crippen LogP contribution in [0.1, 0.15) is 22.9 Å². The Balaban J connectivity index is 1.63. The Labute approximate surface area is 166 Å². The molecule has 2 aromatic carbocycles. The molecule has 1 fully saturated rings. The molecule has 1 saturated heterocycles. The molecular weight excluding hydrogens is 370 g/mol. The molecule has 1 aromatic heterocycles. The summed E-state index contributed by atoms with van der Waals surface area (Å²) >= 11 is 0. The molecule has 3 aliphatic rings. The molecule has 0 aliphatic carbocycles. The molecule has 0 spiro atoms. The number of benzene rings is 2. The molecule has 2 atom stereocenters. The van der Waals surface area contributed by atoms with Gasteiger partial charge in [-0.1, -0.05) is 30.3 Å². The summed E-state index contributed by atoms with van der Waals surface area (Å²) < 4.78 is 11.3. The molecule has 0 saturated carbocycles. The lowest BCUT2D eigenvalue weighted by Crippen LogP contribution is -2.62. The minimum absolute atomic E-state index is 0.0322. The fourth-order valence-corrected chi connectivity index (χ4v) is 4.90. The van der Waals surface area contributed by atoms with E-state index in [1.165, 1.54) is 4.90 Å². The van der Waals surface area contributed by atoms with Crippen LogP contribution in [-0.4, -0.2) is 53.0 Å². The Kier molecular flexibility index (Phi) is 3.27. The van der Waals surface area contributed by atoms with Gasteiger partial charge in [-0.2, -0.15) is 0 Å². The molecule has 4 heterocycles. The topological polar surface area (TPSA) is 74.9 Å². The van der Waals surface area contributed by atoms with Gasteiger partial charge in [-0.05, 0) is 17.7 Å². The zero-order chi connectivity index (χ0) is 19.7. The van der Waals surface area contributed by atoms with Crippen LogP contribution in [0.2, 0.25) is 0 Å². The van der Waals surface area contributed by atoms with Crippen molar-refractivity contribution in [2.24, 2.45) is 0 Å². The first-order valence-corrected chi connectivity index (χ1v) is 9.67. The first-order chi connectivity index (χ1) is 14.1. The van der Waals surface area contributed by atoms with E-state index in [0.29, 0.717) is 17.9 Å². The predicted molar refractivity (Wildman–Crippen MR) is 105 cm³/mol. The Bertz CT molecular complexity index is 1180. The second kappa shape index (κ2) is 5.76. The fraction of sp³-hybridized carbons (Fsp3) is 0.273. The van der Waals surface area contributed by atoms with Crippen LogP contribution in [0.5, 0.6) is 11.5 Å². The number of carbonyl (C=O) groups excluding carboxylic acids is 2. The monoisotopic (exact) mass is 389 g/mol. The molecule has 7 heteroatoms. The van der Waals surface area contributed by atoms with Crippen molar-refractivity contribution in [3.8, 4) is 11.5 Å².